The van der Waals surface area contributed by atoms with Crippen LogP contribution in [-0.4, -0.2) is 12.1 Å². The SMILES string of the molecule is CC1(NCC2C=C2)CC2CC2(C)C1. The van der Waals surface area contributed by atoms with Crippen LogP contribution in [0.5, 0.6) is 0 Å². The van der Waals surface area contributed by atoms with Crippen molar-refractivity contribution in [2.75, 3.05) is 6.54 Å². The lowest BCUT2D eigenvalue weighted by Gasteiger charge is -2.29. The molecule has 13 heavy (non-hydrogen) atoms. The van der Waals surface area contributed by atoms with Gasteiger partial charge in [-0.05, 0) is 37.5 Å². The summed E-state index contributed by atoms with van der Waals surface area (Å²) in [6.07, 6.45) is 8.88. The maximum Gasteiger partial charge on any atom is 0.0161 e. The molecule has 1 heteroatoms. The molecule has 3 rings (SSSR count). The summed E-state index contributed by atoms with van der Waals surface area (Å²) in [5.74, 6) is 1.82. The molecule has 3 atom stereocenters. The van der Waals surface area contributed by atoms with E-state index in [1.807, 2.05) is 0 Å². The van der Waals surface area contributed by atoms with E-state index < -0.39 is 0 Å². The first kappa shape index (κ1) is 8.05. The predicted molar refractivity (Wildman–Crippen MR) is 54.5 cm³/mol. The van der Waals surface area contributed by atoms with Gasteiger partial charge in [-0.3, -0.25) is 0 Å². The fourth-order valence-corrected chi connectivity index (χ4v) is 3.26. The summed E-state index contributed by atoms with van der Waals surface area (Å²) in [6.45, 7) is 6.05. The minimum absolute atomic E-state index is 0.460. The molecule has 0 heterocycles. The Labute approximate surface area is 80.6 Å². The first-order valence-corrected chi connectivity index (χ1v) is 5.53. The van der Waals surface area contributed by atoms with E-state index in [0.717, 1.165) is 17.3 Å². The van der Waals surface area contributed by atoms with E-state index >= 15 is 0 Å². The van der Waals surface area contributed by atoms with Gasteiger partial charge in [0.1, 0.15) is 0 Å². The molecule has 2 fully saturated rings. The molecule has 3 aliphatic rings. The topological polar surface area (TPSA) is 12.0 Å². The van der Waals surface area contributed by atoms with E-state index in [1.54, 1.807) is 0 Å². The summed E-state index contributed by atoms with van der Waals surface area (Å²) in [6, 6.07) is 0. The van der Waals surface area contributed by atoms with Crippen LogP contribution in [0.2, 0.25) is 0 Å². The molecule has 0 aromatic rings. The van der Waals surface area contributed by atoms with E-state index in [0.29, 0.717) is 5.54 Å². The lowest BCUT2D eigenvalue weighted by atomic mass is 9.92. The largest absolute Gasteiger partial charge is 0.311 e. The van der Waals surface area contributed by atoms with E-state index in [-0.39, 0.29) is 0 Å². The zero-order valence-corrected chi connectivity index (χ0v) is 8.64. The molecule has 0 aromatic carbocycles. The second kappa shape index (κ2) is 2.20. The molecule has 0 bridgehead atoms. The Morgan fingerprint density at radius 1 is 1.31 bits per heavy atom. The Morgan fingerprint density at radius 3 is 2.62 bits per heavy atom. The maximum atomic E-state index is 3.74. The van der Waals surface area contributed by atoms with Crippen molar-refractivity contribution in [2.24, 2.45) is 17.3 Å². The van der Waals surface area contributed by atoms with Crippen LogP contribution in [0.15, 0.2) is 12.2 Å². The molecule has 3 aliphatic carbocycles. The highest BCUT2D eigenvalue weighted by Gasteiger charge is 2.60. The van der Waals surface area contributed by atoms with Crippen molar-refractivity contribution in [3.63, 3.8) is 0 Å². The first-order chi connectivity index (χ1) is 6.10. The molecule has 0 aliphatic heterocycles. The molecule has 0 saturated heterocycles. The zero-order valence-electron chi connectivity index (χ0n) is 8.64. The quantitative estimate of drug-likeness (QED) is 0.652. The number of nitrogens with one attached hydrogen (secondary N) is 1. The van der Waals surface area contributed by atoms with Crippen LogP contribution in [0, 0.1) is 17.3 Å². The molecular weight excluding hydrogens is 158 g/mol. The summed E-state index contributed by atoms with van der Waals surface area (Å²) in [4.78, 5) is 0. The van der Waals surface area contributed by atoms with Crippen molar-refractivity contribution in [1.29, 1.82) is 0 Å². The van der Waals surface area contributed by atoms with Crippen molar-refractivity contribution < 1.29 is 0 Å². The highest BCUT2D eigenvalue weighted by molar-refractivity contribution is 5.17. The van der Waals surface area contributed by atoms with E-state index in [9.17, 15) is 0 Å². The molecule has 2 saturated carbocycles. The third-order valence-electron chi connectivity index (χ3n) is 4.26. The van der Waals surface area contributed by atoms with E-state index in [2.05, 4.69) is 31.3 Å². The van der Waals surface area contributed by atoms with Crippen LogP contribution in [0.4, 0.5) is 0 Å². The van der Waals surface area contributed by atoms with Crippen molar-refractivity contribution in [2.45, 2.75) is 38.6 Å². The van der Waals surface area contributed by atoms with Gasteiger partial charge in [-0.1, -0.05) is 19.1 Å². The van der Waals surface area contributed by atoms with Crippen LogP contribution in [-0.2, 0) is 0 Å². The number of rotatable bonds is 3. The third-order valence-corrected chi connectivity index (χ3v) is 4.26. The predicted octanol–water partition coefficient (Wildman–Crippen LogP) is 2.34. The van der Waals surface area contributed by atoms with Crippen LogP contribution in [0.1, 0.15) is 33.1 Å². The molecule has 0 spiro atoms. The van der Waals surface area contributed by atoms with Gasteiger partial charge in [-0.15, -0.1) is 0 Å². The number of hydrogen-bond acceptors (Lipinski definition) is 1. The van der Waals surface area contributed by atoms with Gasteiger partial charge in [-0.25, -0.2) is 0 Å². The zero-order chi connectivity index (χ0) is 9.10. The monoisotopic (exact) mass is 177 g/mol. The van der Waals surface area contributed by atoms with Gasteiger partial charge in [0.25, 0.3) is 0 Å². The van der Waals surface area contributed by atoms with E-state index in [1.165, 1.54) is 25.8 Å². The Kier molecular flexibility index (Phi) is 1.36. The Hall–Kier alpha value is -0.300. The highest BCUT2D eigenvalue weighted by Crippen LogP contribution is 2.66. The highest BCUT2D eigenvalue weighted by atomic mass is 15.0. The smallest absolute Gasteiger partial charge is 0.0161 e. The molecule has 0 aromatic heterocycles. The van der Waals surface area contributed by atoms with Crippen LogP contribution >= 0.6 is 0 Å². The third kappa shape index (κ3) is 1.34. The fourth-order valence-electron chi connectivity index (χ4n) is 3.26. The summed E-state index contributed by atoms with van der Waals surface area (Å²) < 4.78 is 0. The van der Waals surface area contributed by atoms with Crippen molar-refractivity contribution >= 4 is 0 Å². The van der Waals surface area contributed by atoms with E-state index in [4.69, 9.17) is 0 Å². The maximum absolute atomic E-state index is 3.74. The van der Waals surface area contributed by atoms with Crippen LogP contribution in [0.3, 0.4) is 0 Å². The Bertz CT molecular complexity index is 264. The number of fused-ring (bicyclic) bond motifs is 1. The lowest BCUT2D eigenvalue weighted by molar-refractivity contribution is 0.311. The van der Waals surface area contributed by atoms with Crippen LogP contribution in [0.25, 0.3) is 0 Å². The average molecular weight is 177 g/mol. The average Bonchev–Trinajstić information content (AvgIpc) is 2.89. The van der Waals surface area contributed by atoms with Gasteiger partial charge >= 0.3 is 0 Å². The summed E-state index contributed by atoms with van der Waals surface area (Å²) in [5.41, 5.74) is 1.18. The number of hydrogen-bond donors (Lipinski definition) is 1. The second-order valence-electron chi connectivity index (χ2n) is 5.93. The minimum atomic E-state index is 0.460. The van der Waals surface area contributed by atoms with Crippen molar-refractivity contribution in [1.82, 2.24) is 5.32 Å². The molecule has 1 nitrogen and oxygen atoms in total. The minimum Gasteiger partial charge on any atom is -0.311 e. The fraction of sp³-hybridized carbons (Fsp3) is 0.833. The van der Waals surface area contributed by atoms with Gasteiger partial charge in [-0.2, -0.15) is 0 Å². The molecule has 0 radical (unpaired) electrons. The van der Waals surface area contributed by atoms with Crippen molar-refractivity contribution in [3.8, 4) is 0 Å². The Balaban J connectivity index is 1.57. The molecule has 72 valence electrons. The van der Waals surface area contributed by atoms with Crippen molar-refractivity contribution in [3.05, 3.63) is 12.2 Å². The molecule has 1 N–H and O–H groups in total. The molecule has 0 amide bonds. The standard InChI is InChI=1S/C12H19N/c1-11-5-10(11)6-12(2,8-11)13-7-9-3-4-9/h3-4,9-10,13H,5-8H2,1-2H3. The first-order valence-electron chi connectivity index (χ1n) is 5.53. The summed E-state index contributed by atoms with van der Waals surface area (Å²) >= 11 is 0. The van der Waals surface area contributed by atoms with Gasteiger partial charge in [0.05, 0.1) is 0 Å². The summed E-state index contributed by atoms with van der Waals surface area (Å²) in [7, 11) is 0. The Morgan fingerprint density at radius 2 is 2.08 bits per heavy atom. The van der Waals surface area contributed by atoms with Gasteiger partial charge < -0.3 is 5.32 Å². The summed E-state index contributed by atoms with van der Waals surface area (Å²) in [5, 5.41) is 3.74. The normalized spacial score (nSPS) is 52.3. The van der Waals surface area contributed by atoms with Gasteiger partial charge in [0.2, 0.25) is 0 Å². The second-order valence-corrected chi connectivity index (χ2v) is 5.93. The molecular formula is C12H19N. The van der Waals surface area contributed by atoms with Gasteiger partial charge in [0.15, 0.2) is 0 Å². The van der Waals surface area contributed by atoms with Gasteiger partial charge in [0, 0.05) is 18.0 Å². The lowest BCUT2D eigenvalue weighted by Crippen LogP contribution is -2.42. The van der Waals surface area contributed by atoms with Crippen LogP contribution < -0.4 is 5.32 Å². The molecule has 3 unspecified atom stereocenters.